The smallest absolute Gasteiger partial charge is 0.193 e. The molecule has 3 saturated carbocycles. The van der Waals surface area contributed by atoms with Crippen molar-refractivity contribution in [3.05, 3.63) is 36.0 Å². The van der Waals surface area contributed by atoms with E-state index in [0.717, 1.165) is 37.7 Å². The van der Waals surface area contributed by atoms with E-state index in [1.54, 1.807) is 0 Å². The molecule has 1 N–H and O–H groups in total. The van der Waals surface area contributed by atoms with Gasteiger partial charge in [-0.1, -0.05) is 57.6 Å². The third-order valence-corrected chi connectivity index (χ3v) is 9.87. The van der Waals surface area contributed by atoms with Crippen LogP contribution in [0.4, 0.5) is 0 Å². The summed E-state index contributed by atoms with van der Waals surface area (Å²) in [4.78, 5) is 13.9. The molecule has 5 heteroatoms. The molecular formula is C29H42O5. The highest BCUT2D eigenvalue weighted by molar-refractivity contribution is 5.91. The SMILES string of the molecule is C=C1C=C[C@@]2(C)C(=C1)CC[C@@H]1[C@@H]2[C@@H](O)C[C@@]2(C)[C@H]1CC1OC(CCC)O[C@]12C(=O)COC(C)C. The van der Waals surface area contributed by atoms with E-state index in [0.29, 0.717) is 12.3 Å². The number of ether oxygens (including phenoxy) is 3. The fraction of sp³-hybridized carbons (Fsp3) is 0.759. The van der Waals surface area contributed by atoms with Gasteiger partial charge in [-0.05, 0) is 63.4 Å². The number of carbonyl (C=O) groups excluding carboxylic acids is 1. The van der Waals surface area contributed by atoms with Crippen molar-refractivity contribution >= 4 is 5.78 Å². The first kappa shape index (κ1) is 24.4. The largest absolute Gasteiger partial charge is 0.393 e. The molecule has 0 amide bonds. The Morgan fingerprint density at radius 3 is 2.82 bits per heavy atom. The number of carbonyl (C=O) groups is 1. The quantitative estimate of drug-likeness (QED) is 0.583. The van der Waals surface area contributed by atoms with E-state index in [1.165, 1.54) is 5.57 Å². The van der Waals surface area contributed by atoms with Gasteiger partial charge < -0.3 is 19.3 Å². The lowest BCUT2D eigenvalue weighted by Gasteiger charge is -2.60. The zero-order chi connectivity index (χ0) is 24.5. The Bertz CT molecular complexity index is 919. The third-order valence-electron chi connectivity index (χ3n) is 9.87. The Balaban J connectivity index is 1.53. The first-order valence-electron chi connectivity index (χ1n) is 13.3. The van der Waals surface area contributed by atoms with Gasteiger partial charge in [0.2, 0.25) is 0 Å². The summed E-state index contributed by atoms with van der Waals surface area (Å²) in [6, 6.07) is 0. The van der Waals surface area contributed by atoms with Crippen LogP contribution in [0.15, 0.2) is 36.0 Å². The van der Waals surface area contributed by atoms with Crippen LogP contribution in [0.1, 0.15) is 73.1 Å². The molecule has 1 aliphatic heterocycles. The molecule has 2 unspecified atom stereocenters. The number of rotatable bonds is 6. The number of Topliss-reactive ketones (excluding diaryl/α,β-unsaturated/α-hetero) is 1. The van der Waals surface area contributed by atoms with Gasteiger partial charge in [0, 0.05) is 16.7 Å². The fourth-order valence-electron chi connectivity index (χ4n) is 8.43. The molecule has 0 aromatic rings. The molecule has 34 heavy (non-hydrogen) atoms. The molecule has 0 aromatic carbocycles. The van der Waals surface area contributed by atoms with Crippen molar-refractivity contribution in [1.82, 2.24) is 0 Å². The first-order valence-corrected chi connectivity index (χ1v) is 13.3. The molecule has 4 fully saturated rings. The molecule has 4 aliphatic carbocycles. The predicted molar refractivity (Wildman–Crippen MR) is 131 cm³/mol. The summed E-state index contributed by atoms with van der Waals surface area (Å²) in [7, 11) is 0. The molecule has 5 nitrogen and oxygen atoms in total. The van der Waals surface area contributed by atoms with Gasteiger partial charge in [-0.25, -0.2) is 0 Å². The minimum atomic E-state index is -1.05. The van der Waals surface area contributed by atoms with Crippen molar-refractivity contribution in [3.8, 4) is 0 Å². The average Bonchev–Trinajstić information content (AvgIpc) is 3.25. The third kappa shape index (κ3) is 3.30. The van der Waals surface area contributed by atoms with Crippen LogP contribution >= 0.6 is 0 Å². The van der Waals surface area contributed by atoms with E-state index in [-0.39, 0.29) is 48.1 Å². The monoisotopic (exact) mass is 470 g/mol. The zero-order valence-electron chi connectivity index (χ0n) is 21.5. The lowest BCUT2D eigenvalue weighted by Crippen LogP contribution is -2.63. The standard InChI is InChI=1S/C29H42O5/c1-7-8-25-33-24-14-21-20-10-9-19-13-18(4)11-12-27(19,5)26(20)22(30)15-28(21,6)29(24,34-25)23(31)16-32-17(2)3/h11-13,17,20-22,24-26,30H,4,7-10,14-16H2,1-3,5-6H3/t20-,21-,22-,24?,25?,26+,27-,28-,29+/m0/s1. The zero-order valence-corrected chi connectivity index (χ0v) is 21.5. The van der Waals surface area contributed by atoms with Crippen LogP contribution in [0.5, 0.6) is 0 Å². The number of hydrogen-bond donors (Lipinski definition) is 1. The van der Waals surface area contributed by atoms with Gasteiger partial charge in [0.15, 0.2) is 17.7 Å². The van der Waals surface area contributed by atoms with Crippen molar-refractivity contribution in [2.45, 2.75) is 103 Å². The molecule has 0 spiro atoms. The molecule has 1 heterocycles. The number of aliphatic hydroxyl groups is 1. The summed E-state index contributed by atoms with van der Waals surface area (Å²) in [6.45, 7) is 14.6. The van der Waals surface area contributed by atoms with Crippen molar-refractivity contribution in [2.75, 3.05) is 6.61 Å². The van der Waals surface area contributed by atoms with Gasteiger partial charge in [-0.2, -0.15) is 0 Å². The predicted octanol–water partition coefficient (Wildman–Crippen LogP) is 5.14. The number of hydrogen-bond acceptors (Lipinski definition) is 5. The van der Waals surface area contributed by atoms with Crippen LogP contribution in [0, 0.1) is 28.6 Å². The van der Waals surface area contributed by atoms with Gasteiger partial charge in [-0.15, -0.1) is 0 Å². The summed E-state index contributed by atoms with van der Waals surface area (Å²) in [6.07, 6.45) is 10.5. The molecular weight excluding hydrogens is 428 g/mol. The highest BCUT2D eigenvalue weighted by atomic mass is 16.7. The van der Waals surface area contributed by atoms with E-state index >= 15 is 0 Å². The Morgan fingerprint density at radius 1 is 1.35 bits per heavy atom. The van der Waals surface area contributed by atoms with Gasteiger partial charge >= 0.3 is 0 Å². The van der Waals surface area contributed by atoms with E-state index in [9.17, 15) is 9.90 Å². The van der Waals surface area contributed by atoms with Crippen molar-refractivity contribution in [3.63, 3.8) is 0 Å². The van der Waals surface area contributed by atoms with Gasteiger partial charge in [-0.3, -0.25) is 4.79 Å². The number of aliphatic hydroxyl groups excluding tert-OH is 1. The molecule has 5 rings (SSSR count). The van der Waals surface area contributed by atoms with Crippen LogP contribution in [-0.2, 0) is 19.0 Å². The highest BCUT2D eigenvalue weighted by Gasteiger charge is 2.75. The summed E-state index contributed by atoms with van der Waals surface area (Å²) >= 11 is 0. The van der Waals surface area contributed by atoms with Crippen LogP contribution < -0.4 is 0 Å². The molecule has 5 aliphatic rings. The topological polar surface area (TPSA) is 65.0 Å². The van der Waals surface area contributed by atoms with Crippen LogP contribution in [0.3, 0.4) is 0 Å². The lowest BCUT2D eigenvalue weighted by atomic mass is 9.46. The highest BCUT2D eigenvalue weighted by Crippen LogP contribution is 2.69. The summed E-state index contributed by atoms with van der Waals surface area (Å²) in [5, 5.41) is 11.8. The van der Waals surface area contributed by atoms with Gasteiger partial charge in [0.05, 0.1) is 18.3 Å². The van der Waals surface area contributed by atoms with Crippen LogP contribution in [0.25, 0.3) is 0 Å². The second-order valence-corrected chi connectivity index (χ2v) is 12.1. The normalized spacial score (nSPS) is 47.1. The number of fused-ring (bicyclic) bond motifs is 7. The lowest BCUT2D eigenvalue weighted by molar-refractivity contribution is -0.201. The van der Waals surface area contributed by atoms with E-state index in [2.05, 4.69) is 45.6 Å². The maximum Gasteiger partial charge on any atom is 0.193 e. The first-order chi connectivity index (χ1) is 16.1. The van der Waals surface area contributed by atoms with Gasteiger partial charge in [0.25, 0.3) is 0 Å². The number of allylic oxidation sites excluding steroid dienone is 5. The molecule has 0 radical (unpaired) electrons. The Kier molecular flexibility index (Phi) is 6.03. The van der Waals surface area contributed by atoms with Crippen LogP contribution in [-0.4, -0.2) is 47.7 Å². The molecule has 0 bridgehead atoms. The minimum absolute atomic E-state index is 0.0167. The number of ketones is 1. The summed E-state index contributed by atoms with van der Waals surface area (Å²) < 4.78 is 18.9. The second-order valence-electron chi connectivity index (χ2n) is 12.1. The maximum absolute atomic E-state index is 13.9. The summed E-state index contributed by atoms with van der Waals surface area (Å²) in [5.41, 5.74) is 0.708. The molecule has 188 valence electrons. The van der Waals surface area contributed by atoms with Crippen molar-refractivity contribution in [1.29, 1.82) is 0 Å². The van der Waals surface area contributed by atoms with E-state index in [1.807, 2.05) is 13.8 Å². The minimum Gasteiger partial charge on any atom is -0.393 e. The van der Waals surface area contributed by atoms with E-state index < -0.39 is 17.1 Å². The van der Waals surface area contributed by atoms with Crippen molar-refractivity contribution in [2.24, 2.45) is 28.6 Å². The Morgan fingerprint density at radius 2 is 2.12 bits per heavy atom. The average molecular weight is 471 g/mol. The van der Waals surface area contributed by atoms with Crippen LogP contribution in [0.2, 0.25) is 0 Å². The fourth-order valence-corrected chi connectivity index (χ4v) is 8.43. The maximum atomic E-state index is 13.9. The molecule has 9 atom stereocenters. The second kappa shape index (κ2) is 8.40. The van der Waals surface area contributed by atoms with E-state index in [4.69, 9.17) is 14.2 Å². The van der Waals surface area contributed by atoms with Gasteiger partial charge in [0.1, 0.15) is 6.61 Å². The Labute approximate surface area is 204 Å². The molecule has 1 saturated heterocycles. The summed E-state index contributed by atoms with van der Waals surface area (Å²) in [5.74, 6) is 0.676. The Hall–Kier alpha value is -1.27. The molecule has 0 aromatic heterocycles. The van der Waals surface area contributed by atoms with Crippen molar-refractivity contribution < 1.29 is 24.1 Å².